The minimum absolute atomic E-state index is 0.159. The molecule has 1 unspecified atom stereocenters. The molecule has 1 N–H and O–H groups in total. The molecule has 0 aliphatic rings. The fourth-order valence-corrected chi connectivity index (χ4v) is 1.40. The van der Waals surface area contributed by atoms with Gasteiger partial charge in [0.1, 0.15) is 0 Å². The van der Waals surface area contributed by atoms with Crippen LogP contribution in [0.4, 0.5) is 0 Å². The Labute approximate surface area is 79.3 Å². The second-order valence-electron chi connectivity index (χ2n) is 2.45. The van der Waals surface area contributed by atoms with E-state index in [2.05, 4.69) is 15.9 Å². The summed E-state index contributed by atoms with van der Waals surface area (Å²) in [6.45, 7) is -0.159. The van der Waals surface area contributed by atoms with Crippen molar-refractivity contribution < 1.29 is 9.90 Å². The molecule has 1 rings (SSSR count). The van der Waals surface area contributed by atoms with Gasteiger partial charge in [-0.2, -0.15) is 0 Å². The van der Waals surface area contributed by atoms with E-state index in [0.717, 1.165) is 5.56 Å². The van der Waals surface area contributed by atoms with E-state index in [1.165, 1.54) is 0 Å². The van der Waals surface area contributed by atoms with E-state index in [1.807, 2.05) is 30.3 Å². The molecule has 64 valence electrons. The second-order valence-corrected chi connectivity index (χ2v) is 3.23. The summed E-state index contributed by atoms with van der Waals surface area (Å²) in [5.74, 6) is -0.439. The molecular weight excluding hydrogens is 220 g/mol. The predicted octanol–water partition coefficient (Wildman–Crippen LogP) is 1.68. The summed E-state index contributed by atoms with van der Waals surface area (Å²) in [6.07, 6.45) is 0. The van der Waals surface area contributed by atoms with Crippen LogP contribution in [0, 0.1) is 0 Å². The van der Waals surface area contributed by atoms with Gasteiger partial charge >= 0.3 is 0 Å². The lowest BCUT2D eigenvalue weighted by Crippen LogP contribution is -2.10. The molecule has 0 amide bonds. The van der Waals surface area contributed by atoms with Gasteiger partial charge in [-0.1, -0.05) is 30.3 Å². The van der Waals surface area contributed by atoms with Gasteiger partial charge in [0.05, 0.1) is 12.5 Å². The molecule has 0 aliphatic heterocycles. The normalized spacial score (nSPS) is 12.5. The molecule has 1 aromatic rings. The third-order valence-electron chi connectivity index (χ3n) is 1.66. The maximum absolute atomic E-state index is 10.9. The highest BCUT2D eigenvalue weighted by Crippen LogP contribution is 2.18. The topological polar surface area (TPSA) is 37.3 Å². The molecular formula is C9H9BrO2. The number of hydrogen-bond donors (Lipinski definition) is 1. The number of rotatable bonds is 3. The summed E-state index contributed by atoms with van der Waals surface area (Å²) in [4.78, 5) is 10.9. The van der Waals surface area contributed by atoms with Crippen molar-refractivity contribution in [3.05, 3.63) is 35.9 Å². The molecule has 3 heteroatoms. The zero-order chi connectivity index (χ0) is 8.97. The highest BCUT2D eigenvalue weighted by Gasteiger charge is 2.15. The van der Waals surface area contributed by atoms with E-state index in [0.29, 0.717) is 0 Å². The van der Waals surface area contributed by atoms with Gasteiger partial charge in [0.15, 0.2) is 0 Å². The molecule has 0 fully saturated rings. The van der Waals surface area contributed by atoms with Crippen LogP contribution in [-0.2, 0) is 4.79 Å². The smallest absolute Gasteiger partial charge is 0.207 e. The quantitative estimate of drug-likeness (QED) is 0.800. The van der Waals surface area contributed by atoms with Crippen LogP contribution in [0.2, 0.25) is 0 Å². The lowest BCUT2D eigenvalue weighted by atomic mass is 10.0. The Balaban J connectivity index is 2.88. The Morgan fingerprint density at radius 2 is 2.00 bits per heavy atom. The second kappa shape index (κ2) is 4.38. The van der Waals surface area contributed by atoms with E-state index in [4.69, 9.17) is 5.11 Å². The van der Waals surface area contributed by atoms with Gasteiger partial charge in [-0.15, -0.1) is 0 Å². The number of aliphatic hydroxyl groups is 1. The maximum Gasteiger partial charge on any atom is 0.207 e. The Kier molecular flexibility index (Phi) is 3.44. The van der Waals surface area contributed by atoms with Crippen molar-refractivity contribution in [2.24, 2.45) is 0 Å². The van der Waals surface area contributed by atoms with Gasteiger partial charge in [0.25, 0.3) is 0 Å². The summed E-state index contributed by atoms with van der Waals surface area (Å²) in [7, 11) is 0. The number of halogens is 1. The van der Waals surface area contributed by atoms with E-state index in [1.54, 1.807) is 0 Å². The van der Waals surface area contributed by atoms with Gasteiger partial charge in [0, 0.05) is 0 Å². The van der Waals surface area contributed by atoms with Crippen molar-refractivity contribution in [2.75, 3.05) is 6.61 Å². The first kappa shape index (κ1) is 9.42. The summed E-state index contributed by atoms with van der Waals surface area (Å²) < 4.78 is -0.184. The van der Waals surface area contributed by atoms with Crippen LogP contribution in [0.5, 0.6) is 0 Å². The molecule has 0 aromatic heterocycles. The van der Waals surface area contributed by atoms with Crippen LogP contribution in [0.1, 0.15) is 11.5 Å². The van der Waals surface area contributed by atoms with Gasteiger partial charge in [0.2, 0.25) is 4.69 Å². The lowest BCUT2D eigenvalue weighted by molar-refractivity contribution is -0.112. The summed E-state index contributed by atoms with van der Waals surface area (Å²) in [5.41, 5.74) is 0.835. The minimum atomic E-state index is -0.439. The largest absolute Gasteiger partial charge is 0.395 e. The molecule has 0 bridgehead atoms. The average molecular weight is 229 g/mol. The van der Waals surface area contributed by atoms with Crippen molar-refractivity contribution in [1.82, 2.24) is 0 Å². The molecule has 1 atom stereocenters. The first-order valence-corrected chi connectivity index (χ1v) is 4.40. The number of carbonyl (C=O) groups excluding carboxylic acids is 1. The van der Waals surface area contributed by atoms with E-state index in [-0.39, 0.29) is 11.3 Å². The number of aliphatic hydroxyl groups excluding tert-OH is 1. The van der Waals surface area contributed by atoms with E-state index >= 15 is 0 Å². The molecule has 1 aromatic carbocycles. The average Bonchev–Trinajstić information content (AvgIpc) is 2.07. The number of benzene rings is 1. The van der Waals surface area contributed by atoms with Crippen molar-refractivity contribution in [2.45, 2.75) is 5.92 Å². The summed E-state index contributed by atoms with van der Waals surface area (Å²) >= 11 is 2.84. The molecule has 0 saturated heterocycles. The molecule has 0 radical (unpaired) electrons. The van der Waals surface area contributed by atoms with Crippen LogP contribution in [-0.4, -0.2) is 16.4 Å². The van der Waals surface area contributed by atoms with Crippen LogP contribution < -0.4 is 0 Å². The first-order valence-electron chi connectivity index (χ1n) is 3.61. The van der Waals surface area contributed by atoms with Gasteiger partial charge in [-0.05, 0) is 21.5 Å². The van der Waals surface area contributed by atoms with E-state index < -0.39 is 5.92 Å². The van der Waals surface area contributed by atoms with Crippen molar-refractivity contribution in [1.29, 1.82) is 0 Å². The molecule has 2 nitrogen and oxygen atoms in total. The fourth-order valence-electron chi connectivity index (χ4n) is 0.994. The van der Waals surface area contributed by atoms with Crippen LogP contribution >= 0.6 is 15.9 Å². The van der Waals surface area contributed by atoms with Crippen molar-refractivity contribution in [3.63, 3.8) is 0 Å². The maximum atomic E-state index is 10.9. The zero-order valence-corrected chi connectivity index (χ0v) is 7.99. The predicted molar refractivity (Wildman–Crippen MR) is 50.2 cm³/mol. The van der Waals surface area contributed by atoms with Gasteiger partial charge < -0.3 is 5.11 Å². The van der Waals surface area contributed by atoms with Crippen molar-refractivity contribution in [3.8, 4) is 0 Å². The Morgan fingerprint density at radius 3 is 2.42 bits per heavy atom. The Bertz CT molecular complexity index is 258. The van der Waals surface area contributed by atoms with Crippen LogP contribution in [0.25, 0.3) is 0 Å². The van der Waals surface area contributed by atoms with Crippen LogP contribution in [0.3, 0.4) is 0 Å². The SMILES string of the molecule is O=C(Br)C(CO)c1ccccc1. The molecule has 0 saturated carbocycles. The zero-order valence-electron chi connectivity index (χ0n) is 6.40. The molecule has 0 spiro atoms. The molecule has 12 heavy (non-hydrogen) atoms. The number of carbonyl (C=O) groups is 1. The fraction of sp³-hybridized carbons (Fsp3) is 0.222. The summed E-state index contributed by atoms with van der Waals surface area (Å²) in [6, 6.07) is 9.19. The third kappa shape index (κ3) is 2.16. The summed E-state index contributed by atoms with van der Waals surface area (Å²) in [5, 5.41) is 8.90. The molecule has 0 heterocycles. The van der Waals surface area contributed by atoms with E-state index in [9.17, 15) is 4.79 Å². The number of hydrogen-bond acceptors (Lipinski definition) is 2. The van der Waals surface area contributed by atoms with Gasteiger partial charge in [-0.3, -0.25) is 4.79 Å². The van der Waals surface area contributed by atoms with Crippen molar-refractivity contribution >= 4 is 20.6 Å². The highest BCUT2D eigenvalue weighted by atomic mass is 79.9. The van der Waals surface area contributed by atoms with Gasteiger partial charge in [-0.25, -0.2) is 0 Å². The van der Waals surface area contributed by atoms with Crippen LogP contribution in [0.15, 0.2) is 30.3 Å². The third-order valence-corrected chi connectivity index (χ3v) is 2.21. The monoisotopic (exact) mass is 228 g/mol. The Hall–Kier alpha value is -0.670. The highest BCUT2D eigenvalue weighted by molar-refractivity contribution is 9.18. The lowest BCUT2D eigenvalue weighted by Gasteiger charge is -2.08. The standard InChI is InChI=1S/C9H9BrO2/c10-9(12)8(6-11)7-4-2-1-3-5-7/h1-5,8,11H,6H2. The minimum Gasteiger partial charge on any atom is -0.395 e. The first-order chi connectivity index (χ1) is 5.75. The Morgan fingerprint density at radius 1 is 1.42 bits per heavy atom. The molecule has 0 aliphatic carbocycles.